The smallest absolute Gasteiger partial charge is 0.357 e. The largest absolute Gasteiger partial charge is 0.481 e. The summed E-state index contributed by atoms with van der Waals surface area (Å²) in [6.45, 7) is 1.77. The van der Waals surface area contributed by atoms with Crippen LogP contribution in [0.15, 0.2) is 59.5 Å². The first-order valence-corrected chi connectivity index (χ1v) is 8.65. The topological polar surface area (TPSA) is 82.8 Å². The van der Waals surface area contributed by atoms with Gasteiger partial charge in [0.1, 0.15) is 12.3 Å². The van der Waals surface area contributed by atoms with Crippen molar-refractivity contribution in [2.45, 2.75) is 13.5 Å². The molecule has 0 spiro atoms. The zero-order valence-electron chi connectivity index (χ0n) is 15.4. The molecule has 0 saturated carbocycles. The van der Waals surface area contributed by atoms with E-state index in [0.29, 0.717) is 17.2 Å². The van der Waals surface area contributed by atoms with Gasteiger partial charge in [0, 0.05) is 17.6 Å². The van der Waals surface area contributed by atoms with Crippen molar-refractivity contribution in [3.05, 3.63) is 82.0 Å². The fourth-order valence-corrected chi connectivity index (χ4v) is 2.97. The first kappa shape index (κ1) is 17.7. The van der Waals surface area contributed by atoms with E-state index in [4.69, 9.17) is 9.47 Å². The molecule has 0 aliphatic carbocycles. The monoisotopic (exact) mass is 375 g/mol. The molecular weight excluding hydrogens is 358 g/mol. The lowest BCUT2D eigenvalue weighted by Gasteiger charge is -2.09. The molecule has 0 N–H and O–H groups in total. The molecule has 140 valence electrons. The van der Waals surface area contributed by atoms with Crippen LogP contribution in [0.5, 0.6) is 5.88 Å². The quantitative estimate of drug-likeness (QED) is 0.510. The number of benzene rings is 1. The van der Waals surface area contributed by atoms with Crippen molar-refractivity contribution >= 4 is 22.4 Å². The number of carbonyl (C=O) groups excluding carboxylic acids is 1. The number of pyridine rings is 2. The Morgan fingerprint density at radius 3 is 2.75 bits per heavy atom. The molecule has 0 aliphatic rings. The standard InChI is InChI=1S/C21H17N3O4/c1-13-7-8-18-22-15(10-19(25)24(18)11-13)12-28-21(26)17-9-14-5-3-4-6-16(14)20(23-17)27-2/h3-11H,12H2,1-2H3. The zero-order valence-corrected chi connectivity index (χ0v) is 15.4. The van der Waals surface area contributed by atoms with Crippen molar-refractivity contribution in [2.24, 2.45) is 0 Å². The number of carbonyl (C=O) groups is 1. The van der Waals surface area contributed by atoms with Crippen LogP contribution in [-0.2, 0) is 11.3 Å². The first-order valence-electron chi connectivity index (χ1n) is 8.65. The molecule has 0 radical (unpaired) electrons. The van der Waals surface area contributed by atoms with Gasteiger partial charge in [0.15, 0.2) is 5.69 Å². The van der Waals surface area contributed by atoms with Crippen LogP contribution in [0.1, 0.15) is 21.7 Å². The van der Waals surface area contributed by atoms with Gasteiger partial charge in [-0.1, -0.05) is 24.3 Å². The van der Waals surface area contributed by atoms with Crippen LogP contribution in [0.4, 0.5) is 0 Å². The lowest BCUT2D eigenvalue weighted by molar-refractivity contribution is 0.0460. The summed E-state index contributed by atoms with van der Waals surface area (Å²) in [7, 11) is 1.50. The molecule has 0 aliphatic heterocycles. The fourth-order valence-electron chi connectivity index (χ4n) is 2.97. The van der Waals surface area contributed by atoms with Crippen LogP contribution < -0.4 is 10.3 Å². The van der Waals surface area contributed by atoms with Gasteiger partial charge in [0.25, 0.3) is 5.56 Å². The number of methoxy groups -OCH3 is 1. The molecule has 28 heavy (non-hydrogen) atoms. The summed E-state index contributed by atoms with van der Waals surface area (Å²) in [5.41, 5.74) is 1.71. The van der Waals surface area contributed by atoms with E-state index in [1.165, 1.54) is 17.6 Å². The predicted octanol–water partition coefficient (Wildman–Crippen LogP) is 2.92. The number of fused-ring (bicyclic) bond motifs is 2. The maximum absolute atomic E-state index is 12.5. The van der Waals surface area contributed by atoms with E-state index in [0.717, 1.165) is 16.3 Å². The van der Waals surface area contributed by atoms with Crippen molar-refractivity contribution in [1.82, 2.24) is 14.4 Å². The second-order valence-electron chi connectivity index (χ2n) is 6.33. The average Bonchev–Trinajstić information content (AvgIpc) is 2.71. The summed E-state index contributed by atoms with van der Waals surface area (Å²) in [5, 5.41) is 1.62. The number of hydrogen-bond acceptors (Lipinski definition) is 6. The van der Waals surface area contributed by atoms with Crippen molar-refractivity contribution in [2.75, 3.05) is 7.11 Å². The number of ether oxygens (including phenoxy) is 2. The van der Waals surface area contributed by atoms with Gasteiger partial charge in [-0.3, -0.25) is 9.20 Å². The van der Waals surface area contributed by atoms with Crippen LogP contribution >= 0.6 is 0 Å². The predicted molar refractivity (Wildman–Crippen MR) is 104 cm³/mol. The molecule has 3 heterocycles. The first-order chi connectivity index (χ1) is 13.5. The molecule has 0 fully saturated rings. The maximum atomic E-state index is 12.5. The second-order valence-corrected chi connectivity index (χ2v) is 6.33. The van der Waals surface area contributed by atoms with Gasteiger partial charge in [-0.2, -0.15) is 0 Å². The number of esters is 1. The summed E-state index contributed by atoms with van der Waals surface area (Å²) < 4.78 is 12.1. The van der Waals surface area contributed by atoms with Crippen LogP contribution in [0.2, 0.25) is 0 Å². The fraction of sp³-hybridized carbons (Fsp3) is 0.143. The molecule has 0 atom stereocenters. The van der Waals surface area contributed by atoms with E-state index >= 15 is 0 Å². The van der Waals surface area contributed by atoms with Gasteiger partial charge in [-0.15, -0.1) is 0 Å². The Balaban J connectivity index is 1.59. The van der Waals surface area contributed by atoms with E-state index in [9.17, 15) is 9.59 Å². The molecule has 7 heteroatoms. The molecule has 0 bridgehead atoms. The lowest BCUT2D eigenvalue weighted by atomic mass is 10.1. The van der Waals surface area contributed by atoms with Crippen molar-refractivity contribution in [1.29, 1.82) is 0 Å². The molecule has 1 aromatic carbocycles. The number of aromatic nitrogens is 3. The van der Waals surface area contributed by atoms with E-state index < -0.39 is 5.97 Å². The number of nitrogens with zero attached hydrogens (tertiary/aromatic N) is 3. The normalized spacial score (nSPS) is 10.9. The summed E-state index contributed by atoms with van der Waals surface area (Å²) in [5.74, 6) is -0.266. The number of rotatable bonds is 4. The third-order valence-corrected chi connectivity index (χ3v) is 4.32. The van der Waals surface area contributed by atoms with E-state index in [-0.39, 0.29) is 17.9 Å². The van der Waals surface area contributed by atoms with Crippen LogP contribution in [-0.4, -0.2) is 27.4 Å². The van der Waals surface area contributed by atoms with Gasteiger partial charge < -0.3 is 9.47 Å². The number of aryl methyl sites for hydroxylation is 1. The second kappa shape index (κ2) is 7.11. The molecule has 4 rings (SSSR count). The SMILES string of the molecule is COc1nc(C(=O)OCc2cc(=O)n3cc(C)ccc3n2)cc2ccccc12. The zero-order chi connectivity index (χ0) is 19.7. The molecule has 3 aromatic heterocycles. The Bertz CT molecular complexity index is 1260. The van der Waals surface area contributed by atoms with Crippen molar-refractivity contribution < 1.29 is 14.3 Å². The highest BCUT2D eigenvalue weighted by Crippen LogP contribution is 2.24. The Kier molecular flexibility index (Phi) is 4.49. The molecule has 4 aromatic rings. The minimum Gasteiger partial charge on any atom is -0.481 e. The van der Waals surface area contributed by atoms with Gasteiger partial charge in [-0.05, 0) is 36.1 Å². The minimum atomic E-state index is -0.616. The van der Waals surface area contributed by atoms with Crippen molar-refractivity contribution in [3.8, 4) is 5.88 Å². The molecule has 0 saturated heterocycles. The summed E-state index contributed by atoms with van der Waals surface area (Å²) in [6.07, 6.45) is 1.71. The summed E-state index contributed by atoms with van der Waals surface area (Å²) >= 11 is 0. The summed E-state index contributed by atoms with van der Waals surface area (Å²) in [6, 6.07) is 14.1. The molecule has 0 amide bonds. The van der Waals surface area contributed by atoms with Gasteiger partial charge >= 0.3 is 5.97 Å². The molecule has 0 unspecified atom stereocenters. The third kappa shape index (κ3) is 3.29. The Morgan fingerprint density at radius 1 is 1.11 bits per heavy atom. The third-order valence-electron chi connectivity index (χ3n) is 4.32. The average molecular weight is 375 g/mol. The van der Waals surface area contributed by atoms with E-state index in [1.807, 2.05) is 37.3 Å². The van der Waals surface area contributed by atoms with E-state index in [2.05, 4.69) is 9.97 Å². The summed E-state index contributed by atoms with van der Waals surface area (Å²) in [4.78, 5) is 33.3. The highest BCUT2D eigenvalue weighted by molar-refractivity contribution is 5.95. The highest BCUT2D eigenvalue weighted by atomic mass is 16.5. The van der Waals surface area contributed by atoms with Crippen LogP contribution in [0.25, 0.3) is 16.4 Å². The molecular formula is C21H17N3O4. The molecule has 7 nitrogen and oxygen atoms in total. The van der Waals surface area contributed by atoms with E-state index in [1.54, 1.807) is 18.3 Å². The Morgan fingerprint density at radius 2 is 1.93 bits per heavy atom. The maximum Gasteiger partial charge on any atom is 0.357 e. The number of hydrogen-bond donors (Lipinski definition) is 0. The Labute approximate surface area is 160 Å². The van der Waals surface area contributed by atoms with Crippen LogP contribution in [0.3, 0.4) is 0 Å². The van der Waals surface area contributed by atoms with Gasteiger partial charge in [0.2, 0.25) is 5.88 Å². The van der Waals surface area contributed by atoms with Gasteiger partial charge in [0.05, 0.1) is 12.8 Å². The van der Waals surface area contributed by atoms with Gasteiger partial charge in [-0.25, -0.2) is 14.8 Å². The minimum absolute atomic E-state index is 0.128. The van der Waals surface area contributed by atoms with Crippen molar-refractivity contribution in [3.63, 3.8) is 0 Å². The Hall–Kier alpha value is -3.74. The highest BCUT2D eigenvalue weighted by Gasteiger charge is 2.15. The lowest BCUT2D eigenvalue weighted by Crippen LogP contribution is -2.17. The van der Waals surface area contributed by atoms with Crippen LogP contribution in [0, 0.1) is 6.92 Å².